The molecule has 0 aromatic heterocycles. The van der Waals surface area contributed by atoms with Crippen molar-refractivity contribution in [2.75, 3.05) is 52.5 Å². The first-order valence-corrected chi connectivity index (χ1v) is 14.7. The van der Waals surface area contributed by atoms with Crippen molar-refractivity contribution in [3.8, 4) is 6.07 Å². The number of guanidine groups is 1. The van der Waals surface area contributed by atoms with E-state index in [1.54, 1.807) is 0 Å². The Labute approximate surface area is 237 Å². The molecule has 2 saturated heterocycles. The van der Waals surface area contributed by atoms with Crippen LogP contribution in [0.1, 0.15) is 71.6 Å². The number of hydrogen-bond acceptors (Lipinski definition) is 8. The summed E-state index contributed by atoms with van der Waals surface area (Å²) in [5, 5.41) is 24.9. The molecule has 0 aromatic rings. The van der Waals surface area contributed by atoms with Gasteiger partial charge in [0.2, 0.25) is 11.9 Å². The van der Waals surface area contributed by atoms with Gasteiger partial charge in [-0.05, 0) is 31.1 Å². The van der Waals surface area contributed by atoms with Gasteiger partial charge < -0.3 is 29.7 Å². The van der Waals surface area contributed by atoms with Crippen molar-refractivity contribution in [1.82, 2.24) is 20.4 Å². The number of nitriles is 1. The number of carboxylic acids is 1. The van der Waals surface area contributed by atoms with Gasteiger partial charge in [0.15, 0.2) is 0 Å². The molecule has 0 aromatic carbocycles. The summed E-state index contributed by atoms with van der Waals surface area (Å²) in [5.74, 6) is -0.372. The molecule has 3 aliphatic rings. The van der Waals surface area contributed by atoms with E-state index >= 15 is 0 Å². The van der Waals surface area contributed by atoms with E-state index in [9.17, 15) is 19.6 Å². The lowest BCUT2D eigenvalue weighted by Crippen LogP contribution is -2.57. The first kappa shape index (κ1) is 31.6. The number of aliphatic imine (C=N–C) groups is 1. The summed E-state index contributed by atoms with van der Waals surface area (Å²) in [7, 11) is 0. The zero-order valence-corrected chi connectivity index (χ0v) is 24.0. The van der Waals surface area contributed by atoms with Crippen molar-refractivity contribution in [3.63, 3.8) is 0 Å². The summed E-state index contributed by atoms with van der Waals surface area (Å²) >= 11 is 0. The molecule has 0 spiro atoms. The van der Waals surface area contributed by atoms with Crippen molar-refractivity contribution in [2.24, 2.45) is 16.8 Å². The molecule has 1 atom stereocenters. The van der Waals surface area contributed by atoms with Crippen LogP contribution in [0.15, 0.2) is 4.99 Å². The number of piperidine rings is 1. The molecule has 2 heterocycles. The van der Waals surface area contributed by atoms with E-state index in [-0.39, 0.29) is 24.9 Å². The number of carboxylic acid groups (broad SMARTS) is 1. The van der Waals surface area contributed by atoms with E-state index in [2.05, 4.69) is 16.7 Å². The maximum atomic E-state index is 13.8. The molecule has 0 bridgehead atoms. The Bertz CT molecular complexity index is 915. The number of alkyl carbamates (subject to hydrolysis) is 1. The van der Waals surface area contributed by atoms with Gasteiger partial charge in [-0.1, -0.05) is 46.0 Å². The van der Waals surface area contributed by atoms with E-state index in [4.69, 9.17) is 19.6 Å². The molecule has 2 aliphatic heterocycles. The minimum atomic E-state index is -1.04. The highest BCUT2D eigenvalue weighted by molar-refractivity contribution is 5.96. The Balaban J connectivity index is 1.78. The minimum absolute atomic E-state index is 0.0427. The van der Waals surface area contributed by atoms with E-state index in [0.29, 0.717) is 77.1 Å². The Kier molecular flexibility index (Phi) is 12.5. The van der Waals surface area contributed by atoms with E-state index in [0.717, 1.165) is 25.7 Å². The Morgan fingerprint density at radius 3 is 2.40 bits per heavy atom. The number of nitrogens with one attached hydrogen (secondary N) is 2. The molecule has 2 amide bonds. The van der Waals surface area contributed by atoms with E-state index < -0.39 is 23.6 Å². The molecule has 40 heavy (non-hydrogen) atoms. The number of morpholine rings is 1. The molecule has 1 aliphatic carbocycles. The summed E-state index contributed by atoms with van der Waals surface area (Å²) in [4.78, 5) is 46.1. The van der Waals surface area contributed by atoms with Crippen LogP contribution in [-0.2, 0) is 19.1 Å². The predicted octanol–water partition coefficient (Wildman–Crippen LogP) is 2.34. The predicted molar refractivity (Wildman–Crippen MR) is 149 cm³/mol. The highest BCUT2D eigenvalue weighted by Gasteiger charge is 2.38. The first-order valence-electron chi connectivity index (χ1n) is 14.7. The summed E-state index contributed by atoms with van der Waals surface area (Å²) in [6, 6.07) is 1.55. The van der Waals surface area contributed by atoms with Crippen LogP contribution in [0.5, 0.6) is 0 Å². The standard InChI is InChI=1S/C28H46N6O6/c1-21(2)19-40-27(38)31-26(34-14-16-39-17-15-34)30-23(18-22-6-4-3-5-7-22)25(37)32-28(20-29)9-12-33(13-10-28)11-8-24(35)36/h21-23H,3-19H2,1-2H3,(H,32,37)(H,35,36)(H,30,31,38)/t23-/m0/s1. The average Bonchev–Trinajstić information content (AvgIpc) is 2.96. The zero-order valence-electron chi connectivity index (χ0n) is 24.0. The number of aliphatic carboxylic acids is 1. The third-order valence-electron chi connectivity index (χ3n) is 7.86. The number of ether oxygens (including phenoxy) is 2. The number of carbonyl (C=O) groups excluding carboxylic acids is 2. The van der Waals surface area contributed by atoms with Gasteiger partial charge in [-0.25, -0.2) is 9.79 Å². The number of amides is 2. The lowest BCUT2D eigenvalue weighted by atomic mass is 9.84. The normalized spacial score (nSPS) is 21.4. The summed E-state index contributed by atoms with van der Waals surface area (Å²) < 4.78 is 10.8. The highest BCUT2D eigenvalue weighted by Crippen LogP contribution is 2.29. The second-order valence-electron chi connectivity index (χ2n) is 11.6. The van der Waals surface area contributed by atoms with Gasteiger partial charge in [0.1, 0.15) is 11.6 Å². The lowest BCUT2D eigenvalue weighted by molar-refractivity contribution is -0.137. The molecular weight excluding hydrogens is 516 g/mol. The molecule has 224 valence electrons. The van der Waals surface area contributed by atoms with Crippen LogP contribution in [0.3, 0.4) is 0 Å². The number of likely N-dealkylation sites (tertiary alicyclic amines) is 1. The first-order chi connectivity index (χ1) is 19.2. The average molecular weight is 563 g/mol. The van der Waals surface area contributed by atoms with Gasteiger partial charge in [-0.15, -0.1) is 0 Å². The van der Waals surface area contributed by atoms with Crippen LogP contribution in [0.4, 0.5) is 4.79 Å². The third kappa shape index (κ3) is 10.2. The smallest absolute Gasteiger partial charge is 0.413 e. The molecule has 3 fully saturated rings. The SMILES string of the molecule is CC(C)COC(=O)NC(=N[C@@H](CC1CCCCC1)C(=O)NC1(C#N)CCN(CCC(=O)O)CC1)N1CCOCC1. The molecule has 3 N–H and O–H groups in total. The van der Waals surface area contributed by atoms with Crippen LogP contribution in [-0.4, -0.2) is 103 Å². The van der Waals surface area contributed by atoms with E-state index in [1.165, 1.54) is 6.42 Å². The Morgan fingerprint density at radius 1 is 1.12 bits per heavy atom. The molecule has 3 rings (SSSR count). The largest absolute Gasteiger partial charge is 0.481 e. The van der Waals surface area contributed by atoms with Crippen LogP contribution >= 0.6 is 0 Å². The Hall–Kier alpha value is -2.91. The maximum Gasteiger partial charge on any atom is 0.413 e. The number of carbonyl (C=O) groups is 3. The maximum absolute atomic E-state index is 13.8. The van der Waals surface area contributed by atoms with Gasteiger partial charge in [0.05, 0.1) is 32.3 Å². The van der Waals surface area contributed by atoms with Crippen molar-refractivity contribution in [2.45, 2.75) is 83.2 Å². The molecule has 0 radical (unpaired) electrons. The number of hydrogen-bond donors (Lipinski definition) is 3. The Morgan fingerprint density at radius 2 is 1.80 bits per heavy atom. The third-order valence-corrected chi connectivity index (χ3v) is 7.86. The fourth-order valence-corrected chi connectivity index (χ4v) is 5.44. The number of rotatable bonds is 10. The van der Waals surface area contributed by atoms with Crippen LogP contribution in [0, 0.1) is 23.2 Å². The lowest BCUT2D eigenvalue weighted by Gasteiger charge is -2.38. The van der Waals surface area contributed by atoms with Gasteiger partial charge in [0, 0.05) is 32.7 Å². The van der Waals surface area contributed by atoms with Gasteiger partial charge in [0.25, 0.3) is 0 Å². The minimum Gasteiger partial charge on any atom is -0.481 e. The summed E-state index contributed by atoms with van der Waals surface area (Å²) in [6.45, 7) is 7.66. The molecule has 12 nitrogen and oxygen atoms in total. The van der Waals surface area contributed by atoms with Gasteiger partial charge in [-0.2, -0.15) is 5.26 Å². The van der Waals surface area contributed by atoms with Crippen molar-refractivity contribution >= 4 is 23.9 Å². The quantitative estimate of drug-likeness (QED) is 0.269. The molecular formula is C28H46N6O6. The topological polar surface area (TPSA) is 157 Å². The van der Waals surface area contributed by atoms with Crippen LogP contribution in [0.25, 0.3) is 0 Å². The van der Waals surface area contributed by atoms with Crippen LogP contribution in [0.2, 0.25) is 0 Å². The molecule has 1 saturated carbocycles. The number of nitrogens with zero attached hydrogens (tertiary/aromatic N) is 4. The molecule has 0 unspecified atom stereocenters. The molecule has 12 heteroatoms. The highest BCUT2D eigenvalue weighted by atomic mass is 16.5. The zero-order chi connectivity index (χ0) is 29.0. The van der Waals surface area contributed by atoms with Crippen molar-refractivity contribution < 1.29 is 29.0 Å². The van der Waals surface area contributed by atoms with Crippen molar-refractivity contribution in [1.29, 1.82) is 5.26 Å². The fraction of sp³-hybridized carbons (Fsp3) is 0.821. The second kappa shape index (κ2) is 15.8. The second-order valence-corrected chi connectivity index (χ2v) is 11.6. The van der Waals surface area contributed by atoms with Gasteiger partial charge in [-0.3, -0.25) is 14.9 Å². The van der Waals surface area contributed by atoms with Crippen LogP contribution < -0.4 is 10.6 Å². The fourth-order valence-electron chi connectivity index (χ4n) is 5.44. The van der Waals surface area contributed by atoms with E-state index in [1.807, 2.05) is 23.6 Å². The van der Waals surface area contributed by atoms with Gasteiger partial charge >= 0.3 is 12.1 Å². The monoisotopic (exact) mass is 562 g/mol. The van der Waals surface area contributed by atoms with Crippen molar-refractivity contribution in [3.05, 3.63) is 0 Å². The summed E-state index contributed by atoms with van der Waals surface area (Å²) in [6.07, 6.45) is 6.26. The summed E-state index contributed by atoms with van der Waals surface area (Å²) in [5.41, 5.74) is -1.04.